The van der Waals surface area contributed by atoms with E-state index < -0.39 is 6.03 Å². The summed E-state index contributed by atoms with van der Waals surface area (Å²) >= 11 is 3.33. The van der Waals surface area contributed by atoms with E-state index in [4.69, 9.17) is 10.5 Å². The average molecular weight is 272 g/mol. The van der Waals surface area contributed by atoms with E-state index in [0.717, 1.165) is 15.8 Å². The van der Waals surface area contributed by atoms with Gasteiger partial charge < -0.3 is 10.5 Å². The first-order valence-corrected chi connectivity index (χ1v) is 4.85. The summed E-state index contributed by atoms with van der Waals surface area (Å²) < 4.78 is 5.87. The Kier molecular flexibility index (Phi) is 4.11. The molecular weight excluding hydrogens is 262 g/mol. The molecule has 0 fully saturated rings. The molecule has 5 nitrogen and oxygen atoms in total. The van der Waals surface area contributed by atoms with Crippen LogP contribution in [0.1, 0.15) is 5.56 Å². The summed E-state index contributed by atoms with van der Waals surface area (Å²) in [6, 6.07) is 4.70. The normalized spacial score (nSPS) is 10.3. The molecule has 0 aliphatic carbocycles. The van der Waals surface area contributed by atoms with Crippen molar-refractivity contribution in [2.45, 2.75) is 0 Å². The lowest BCUT2D eigenvalue weighted by Crippen LogP contribution is -2.24. The Bertz CT molecular complexity index is 393. The Balaban J connectivity index is 2.75. The average Bonchev–Trinajstić information content (AvgIpc) is 2.17. The van der Waals surface area contributed by atoms with Crippen LogP contribution in [0.4, 0.5) is 4.79 Å². The number of methoxy groups -OCH3 is 1. The number of halogens is 1. The van der Waals surface area contributed by atoms with Crippen molar-refractivity contribution in [3.8, 4) is 5.75 Å². The molecule has 0 heterocycles. The lowest BCUT2D eigenvalue weighted by molar-refractivity contribution is 0.249. The molecule has 1 rings (SSSR count). The van der Waals surface area contributed by atoms with Gasteiger partial charge in [0.1, 0.15) is 5.75 Å². The second-order valence-electron chi connectivity index (χ2n) is 2.63. The third-order valence-electron chi connectivity index (χ3n) is 1.56. The molecule has 0 aliphatic rings. The Morgan fingerprint density at radius 3 is 2.93 bits per heavy atom. The number of hydrogen-bond acceptors (Lipinski definition) is 3. The zero-order valence-electron chi connectivity index (χ0n) is 8.03. The number of amides is 2. The molecule has 6 heteroatoms. The molecule has 0 atom stereocenters. The van der Waals surface area contributed by atoms with Crippen molar-refractivity contribution in [3.05, 3.63) is 28.2 Å². The van der Waals surface area contributed by atoms with Crippen molar-refractivity contribution >= 4 is 28.2 Å². The van der Waals surface area contributed by atoms with Crippen LogP contribution in [-0.2, 0) is 0 Å². The largest absolute Gasteiger partial charge is 0.496 e. The van der Waals surface area contributed by atoms with Gasteiger partial charge in [0, 0.05) is 0 Å². The van der Waals surface area contributed by atoms with Crippen LogP contribution in [0.3, 0.4) is 0 Å². The van der Waals surface area contributed by atoms with Crippen LogP contribution in [-0.4, -0.2) is 19.4 Å². The molecule has 0 aliphatic heterocycles. The van der Waals surface area contributed by atoms with Gasteiger partial charge in [-0.05, 0) is 39.7 Å². The highest BCUT2D eigenvalue weighted by Gasteiger charge is 1.99. The number of nitrogens with one attached hydrogen (secondary N) is 1. The molecule has 2 amide bonds. The van der Waals surface area contributed by atoms with E-state index in [2.05, 4.69) is 26.5 Å². The van der Waals surface area contributed by atoms with Crippen LogP contribution in [0.15, 0.2) is 27.8 Å². The SMILES string of the molecule is COc1ccc(/C=N\NC(N)=O)cc1Br. The number of hydrogen-bond donors (Lipinski definition) is 2. The molecule has 0 bridgehead atoms. The number of rotatable bonds is 3. The van der Waals surface area contributed by atoms with Crippen molar-refractivity contribution in [3.63, 3.8) is 0 Å². The maximum absolute atomic E-state index is 10.3. The van der Waals surface area contributed by atoms with E-state index in [9.17, 15) is 4.79 Å². The number of hydrazone groups is 1. The first-order valence-electron chi connectivity index (χ1n) is 4.05. The smallest absolute Gasteiger partial charge is 0.332 e. The zero-order chi connectivity index (χ0) is 11.3. The molecular formula is C9H10BrN3O2. The molecule has 1 aromatic carbocycles. The van der Waals surface area contributed by atoms with E-state index in [-0.39, 0.29) is 0 Å². The molecule has 1 aromatic rings. The van der Waals surface area contributed by atoms with Gasteiger partial charge in [-0.15, -0.1) is 0 Å². The second-order valence-corrected chi connectivity index (χ2v) is 3.48. The Morgan fingerprint density at radius 1 is 1.67 bits per heavy atom. The summed E-state index contributed by atoms with van der Waals surface area (Å²) in [5.41, 5.74) is 7.76. The van der Waals surface area contributed by atoms with Crippen LogP contribution in [0, 0.1) is 0 Å². The maximum atomic E-state index is 10.3. The minimum absolute atomic E-state index is 0.696. The first-order chi connectivity index (χ1) is 7.13. The summed E-state index contributed by atoms with van der Waals surface area (Å²) in [4.78, 5) is 10.3. The van der Waals surface area contributed by atoms with Crippen LogP contribution in [0.5, 0.6) is 5.75 Å². The number of urea groups is 1. The fourth-order valence-electron chi connectivity index (χ4n) is 0.933. The zero-order valence-corrected chi connectivity index (χ0v) is 9.61. The highest BCUT2D eigenvalue weighted by molar-refractivity contribution is 9.10. The Morgan fingerprint density at radius 2 is 2.40 bits per heavy atom. The molecule has 0 saturated carbocycles. The van der Waals surface area contributed by atoms with E-state index >= 15 is 0 Å². The van der Waals surface area contributed by atoms with Crippen LogP contribution >= 0.6 is 15.9 Å². The molecule has 0 saturated heterocycles. The lowest BCUT2D eigenvalue weighted by atomic mass is 10.2. The highest BCUT2D eigenvalue weighted by Crippen LogP contribution is 2.24. The number of nitrogens with two attached hydrogens (primary N) is 1. The summed E-state index contributed by atoms with van der Waals surface area (Å²) in [5, 5.41) is 3.63. The van der Waals surface area contributed by atoms with E-state index in [1.54, 1.807) is 19.2 Å². The molecule has 15 heavy (non-hydrogen) atoms. The summed E-state index contributed by atoms with van der Waals surface area (Å²) in [5.74, 6) is 0.731. The van der Waals surface area contributed by atoms with Gasteiger partial charge in [-0.25, -0.2) is 10.2 Å². The molecule has 0 aromatic heterocycles. The van der Waals surface area contributed by atoms with Crippen molar-refractivity contribution in [1.82, 2.24) is 5.43 Å². The van der Waals surface area contributed by atoms with Crippen LogP contribution in [0.2, 0.25) is 0 Å². The van der Waals surface area contributed by atoms with Crippen LogP contribution < -0.4 is 15.9 Å². The van der Waals surface area contributed by atoms with Gasteiger partial charge in [-0.1, -0.05) is 0 Å². The van der Waals surface area contributed by atoms with Gasteiger partial charge in [0.05, 0.1) is 17.8 Å². The molecule has 0 spiro atoms. The molecule has 0 unspecified atom stereocenters. The van der Waals surface area contributed by atoms with Crippen molar-refractivity contribution in [1.29, 1.82) is 0 Å². The summed E-state index contributed by atoms with van der Waals surface area (Å²) in [6.45, 7) is 0. The summed E-state index contributed by atoms with van der Waals surface area (Å²) in [7, 11) is 1.59. The van der Waals surface area contributed by atoms with Gasteiger partial charge >= 0.3 is 6.03 Å². The van der Waals surface area contributed by atoms with Gasteiger partial charge in [0.2, 0.25) is 0 Å². The fraction of sp³-hybridized carbons (Fsp3) is 0.111. The fourth-order valence-corrected chi connectivity index (χ4v) is 1.49. The van der Waals surface area contributed by atoms with Gasteiger partial charge in [-0.3, -0.25) is 0 Å². The minimum atomic E-state index is -0.696. The highest BCUT2D eigenvalue weighted by atomic mass is 79.9. The second kappa shape index (κ2) is 5.35. The van der Waals surface area contributed by atoms with E-state index in [0.29, 0.717) is 0 Å². The number of benzene rings is 1. The quantitative estimate of drug-likeness (QED) is 0.645. The number of carbonyl (C=O) groups is 1. The van der Waals surface area contributed by atoms with Gasteiger partial charge in [0.15, 0.2) is 0 Å². The number of ether oxygens (including phenoxy) is 1. The number of carbonyl (C=O) groups excluding carboxylic acids is 1. The lowest BCUT2D eigenvalue weighted by Gasteiger charge is -2.02. The maximum Gasteiger partial charge on any atom is 0.332 e. The predicted molar refractivity (Wildman–Crippen MR) is 61.0 cm³/mol. The topological polar surface area (TPSA) is 76.7 Å². The molecule has 80 valence electrons. The molecule has 0 radical (unpaired) electrons. The van der Waals surface area contributed by atoms with Gasteiger partial charge in [0.25, 0.3) is 0 Å². The molecule has 3 N–H and O–H groups in total. The van der Waals surface area contributed by atoms with Crippen molar-refractivity contribution < 1.29 is 9.53 Å². The first kappa shape index (κ1) is 11.5. The third-order valence-corrected chi connectivity index (χ3v) is 2.18. The number of nitrogens with zero attached hydrogens (tertiary/aromatic N) is 1. The Hall–Kier alpha value is -1.56. The van der Waals surface area contributed by atoms with E-state index in [1.807, 2.05) is 6.07 Å². The van der Waals surface area contributed by atoms with Crippen molar-refractivity contribution in [2.75, 3.05) is 7.11 Å². The monoisotopic (exact) mass is 271 g/mol. The predicted octanol–water partition coefficient (Wildman–Crippen LogP) is 1.46. The number of primary amides is 1. The Labute approximate surface area is 95.4 Å². The van der Waals surface area contributed by atoms with E-state index in [1.165, 1.54) is 6.21 Å². The standard InChI is InChI=1S/C9H10BrN3O2/c1-15-8-3-2-6(4-7(8)10)5-12-13-9(11)14/h2-5H,1H3,(H3,11,13,14)/b12-5-. The summed E-state index contributed by atoms with van der Waals surface area (Å²) in [6.07, 6.45) is 1.48. The van der Waals surface area contributed by atoms with Crippen molar-refractivity contribution in [2.24, 2.45) is 10.8 Å². The minimum Gasteiger partial charge on any atom is -0.496 e. The third kappa shape index (κ3) is 3.59. The van der Waals surface area contributed by atoms with Gasteiger partial charge in [-0.2, -0.15) is 5.10 Å². The van der Waals surface area contributed by atoms with Crippen LogP contribution in [0.25, 0.3) is 0 Å².